The Morgan fingerprint density at radius 3 is 2.67 bits per heavy atom. The van der Waals surface area contributed by atoms with Crippen LogP contribution in [0.2, 0.25) is 0 Å². The molecule has 1 amide bonds. The number of rotatable bonds is 5. The van der Waals surface area contributed by atoms with Crippen molar-refractivity contribution in [2.75, 3.05) is 5.33 Å². The molecule has 0 saturated carbocycles. The highest BCUT2D eigenvalue weighted by Gasteiger charge is 2.16. The lowest BCUT2D eigenvalue weighted by atomic mass is 10.0. The van der Waals surface area contributed by atoms with Crippen LogP contribution in [-0.4, -0.2) is 17.3 Å². The average Bonchev–Trinajstić information content (AvgIpc) is 2.27. The van der Waals surface area contributed by atoms with Crippen LogP contribution in [0.3, 0.4) is 0 Å². The summed E-state index contributed by atoms with van der Waals surface area (Å²) in [5.41, 5.74) is 0.520. The number of hydrogen-bond donors (Lipinski definition) is 1. The van der Waals surface area contributed by atoms with E-state index in [1.807, 2.05) is 22.6 Å². The van der Waals surface area contributed by atoms with Gasteiger partial charge in [-0.3, -0.25) is 4.79 Å². The Labute approximate surface area is 129 Å². The first-order valence-corrected chi connectivity index (χ1v) is 7.96. The van der Waals surface area contributed by atoms with E-state index in [0.29, 0.717) is 20.4 Å². The van der Waals surface area contributed by atoms with Crippen molar-refractivity contribution in [1.82, 2.24) is 5.32 Å². The van der Waals surface area contributed by atoms with Gasteiger partial charge in [0.2, 0.25) is 0 Å². The minimum Gasteiger partial charge on any atom is -0.348 e. The van der Waals surface area contributed by atoms with Gasteiger partial charge in [0.25, 0.3) is 5.91 Å². The van der Waals surface area contributed by atoms with Crippen molar-refractivity contribution in [2.24, 2.45) is 5.92 Å². The summed E-state index contributed by atoms with van der Waals surface area (Å²) >= 11 is 5.37. The highest BCUT2D eigenvalue weighted by atomic mass is 127. The zero-order chi connectivity index (χ0) is 13.7. The summed E-state index contributed by atoms with van der Waals surface area (Å²) in [4.78, 5) is 12.1. The normalized spacial score (nSPS) is 12.6. The van der Waals surface area contributed by atoms with Gasteiger partial charge in [-0.2, -0.15) is 0 Å². The third-order valence-electron chi connectivity index (χ3n) is 2.45. The largest absolute Gasteiger partial charge is 0.348 e. The number of alkyl halides is 1. The van der Waals surface area contributed by atoms with E-state index >= 15 is 0 Å². The van der Waals surface area contributed by atoms with Crippen molar-refractivity contribution in [1.29, 1.82) is 0 Å². The molecule has 1 atom stereocenters. The minimum absolute atomic E-state index is 0.0957. The smallest absolute Gasteiger partial charge is 0.252 e. The van der Waals surface area contributed by atoms with Crippen LogP contribution in [0, 0.1) is 15.3 Å². The molecule has 0 fully saturated rings. The SMILES string of the molecule is CC(C)CC(CBr)NC(=O)c1ccc(F)cc1I. The van der Waals surface area contributed by atoms with Crippen molar-refractivity contribution in [3.63, 3.8) is 0 Å². The lowest BCUT2D eigenvalue weighted by Crippen LogP contribution is -2.37. The van der Waals surface area contributed by atoms with E-state index in [1.54, 1.807) is 0 Å². The summed E-state index contributed by atoms with van der Waals surface area (Å²) < 4.78 is 13.6. The van der Waals surface area contributed by atoms with Crippen LogP contribution < -0.4 is 5.32 Å². The molecular weight excluding hydrogens is 412 g/mol. The molecule has 100 valence electrons. The number of benzene rings is 1. The first kappa shape index (κ1) is 15.9. The van der Waals surface area contributed by atoms with Crippen LogP contribution >= 0.6 is 38.5 Å². The summed E-state index contributed by atoms with van der Waals surface area (Å²) in [7, 11) is 0. The first-order chi connectivity index (χ1) is 8.43. The topological polar surface area (TPSA) is 29.1 Å². The summed E-state index contributed by atoms with van der Waals surface area (Å²) in [6.45, 7) is 4.23. The Balaban J connectivity index is 2.74. The maximum absolute atomic E-state index is 13.0. The van der Waals surface area contributed by atoms with Crippen molar-refractivity contribution < 1.29 is 9.18 Å². The molecule has 1 N–H and O–H groups in total. The van der Waals surface area contributed by atoms with Gasteiger partial charge in [-0.25, -0.2) is 4.39 Å². The van der Waals surface area contributed by atoms with Gasteiger partial charge >= 0.3 is 0 Å². The molecule has 0 aliphatic carbocycles. The molecule has 0 heterocycles. The molecule has 0 aromatic heterocycles. The highest BCUT2D eigenvalue weighted by molar-refractivity contribution is 14.1. The highest BCUT2D eigenvalue weighted by Crippen LogP contribution is 2.15. The molecule has 0 radical (unpaired) electrons. The van der Waals surface area contributed by atoms with Crippen LogP contribution in [-0.2, 0) is 0 Å². The Bertz CT molecular complexity index is 425. The maximum Gasteiger partial charge on any atom is 0.252 e. The molecule has 0 saturated heterocycles. The zero-order valence-electron chi connectivity index (χ0n) is 10.3. The van der Waals surface area contributed by atoms with E-state index in [-0.39, 0.29) is 17.8 Å². The molecule has 0 bridgehead atoms. The zero-order valence-corrected chi connectivity index (χ0v) is 14.1. The van der Waals surface area contributed by atoms with Crippen LogP contribution in [0.4, 0.5) is 4.39 Å². The summed E-state index contributed by atoms with van der Waals surface area (Å²) in [6.07, 6.45) is 0.911. The van der Waals surface area contributed by atoms with Crippen LogP contribution in [0.15, 0.2) is 18.2 Å². The molecule has 0 spiro atoms. The Morgan fingerprint density at radius 2 is 2.17 bits per heavy atom. The van der Waals surface area contributed by atoms with Gasteiger partial charge in [-0.1, -0.05) is 29.8 Å². The molecular formula is C13H16BrFINO. The summed E-state index contributed by atoms with van der Waals surface area (Å²) in [5.74, 6) is 0.0415. The van der Waals surface area contributed by atoms with Crippen LogP contribution in [0.1, 0.15) is 30.6 Å². The van der Waals surface area contributed by atoms with E-state index in [4.69, 9.17) is 0 Å². The van der Waals surface area contributed by atoms with Gasteiger partial charge in [0, 0.05) is 14.9 Å². The van der Waals surface area contributed by atoms with Gasteiger partial charge in [-0.15, -0.1) is 0 Å². The van der Waals surface area contributed by atoms with Gasteiger partial charge in [0.05, 0.1) is 5.56 Å². The Kier molecular flexibility index (Phi) is 6.55. The van der Waals surface area contributed by atoms with E-state index in [1.165, 1.54) is 18.2 Å². The molecule has 2 nitrogen and oxygen atoms in total. The third kappa shape index (κ3) is 4.84. The lowest BCUT2D eigenvalue weighted by molar-refractivity contribution is 0.0936. The van der Waals surface area contributed by atoms with E-state index in [2.05, 4.69) is 35.1 Å². The Morgan fingerprint density at radius 1 is 1.50 bits per heavy atom. The second kappa shape index (κ2) is 7.43. The predicted octanol–water partition coefficient (Wildman–Crippen LogP) is 3.97. The standard InChI is InChI=1S/C13H16BrFINO/c1-8(2)5-10(7-14)17-13(18)11-4-3-9(15)6-12(11)16/h3-4,6,8,10H,5,7H2,1-2H3,(H,17,18). The molecule has 0 aliphatic rings. The quantitative estimate of drug-likeness (QED) is 0.559. The number of amides is 1. The Hall–Kier alpha value is -0.170. The number of carbonyl (C=O) groups is 1. The van der Waals surface area contributed by atoms with E-state index < -0.39 is 0 Å². The first-order valence-electron chi connectivity index (χ1n) is 5.76. The number of carbonyl (C=O) groups excluding carboxylic acids is 1. The molecule has 1 unspecified atom stereocenters. The molecule has 5 heteroatoms. The van der Waals surface area contributed by atoms with Crippen LogP contribution in [0.5, 0.6) is 0 Å². The second-order valence-electron chi connectivity index (χ2n) is 4.58. The third-order valence-corrected chi connectivity index (χ3v) is 4.13. The lowest BCUT2D eigenvalue weighted by Gasteiger charge is -2.18. The van der Waals surface area contributed by atoms with Gasteiger partial charge in [0.15, 0.2) is 0 Å². The second-order valence-corrected chi connectivity index (χ2v) is 6.39. The van der Waals surface area contributed by atoms with E-state index in [0.717, 1.165) is 6.42 Å². The van der Waals surface area contributed by atoms with Crippen molar-refractivity contribution in [3.8, 4) is 0 Å². The summed E-state index contributed by atoms with van der Waals surface area (Å²) in [6, 6.07) is 4.29. The predicted molar refractivity (Wildman–Crippen MR) is 83.6 cm³/mol. The van der Waals surface area contributed by atoms with Crippen LogP contribution in [0.25, 0.3) is 0 Å². The van der Waals surface area contributed by atoms with Crippen molar-refractivity contribution >= 4 is 44.4 Å². The molecule has 1 aromatic rings. The van der Waals surface area contributed by atoms with Gasteiger partial charge in [-0.05, 0) is 53.1 Å². The number of hydrogen-bond acceptors (Lipinski definition) is 1. The monoisotopic (exact) mass is 427 g/mol. The molecule has 1 rings (SSSR count). The molecule has 0 aliphatic heterocycles. The fraction of sp³-hybridized carbons (Fsp3) is 0.462. The van der Waals surface area contributed by atoms with Crippen molar-refractivity contribution in [3.05, 3.63) is 33.1 Å². The average molecular weight is 428 g/mol. The maximum atomic E-state index is 13.0. The fourth-order valence-corrected chi connectivity index (χ4v) is 2.81. The summed E-state index contributed by atoms with van der Waals surface area (Å²) in [5, 5.41) is 3.68. The van der Waals surface area contributed by atoms with Gasteiger partial charge in [0.1, 0.15) is 5.82 Å². The fourth-order valence-electron chi connectivity index (χ4n) is 1.67. The van der Waals surface area contributed by atoms with E-state index in [9.17, 15) is 9.18 Å². The van der Waals surface area contributed by atoms with Crippen molar-refractivity contribution in [2.45, 2.75) is 26.3 Å². The molecule has 18 heavy (non-hydrogen) atoms. The number of nitrogens with one attached hydrogen (secondary N) is 1. The minimum atomic E-state index is -0.324. The number of halogens is 3. The van der Waals surface area contributed by atoms with Gasteiger partial charge < -0.3 is 5.32 Å². The molecule has 1 aromatic carbocycles.